The summed E-state index contributed by atoms with van der Waals surface area (Å²) >= 11 is 0. The van der Waals surface area contributed by atoms with Crippen LogP contribution in [0.2, 0.25) is 0 Å². The highest BCUT2D eigenvalue weighted by molar-refractivity contribution is 5.39. The fraction of sp³-hybridized carbons (Fsp3) is 0.400. The lowest BCUT2D eigenvalue weighted by Gasteiger charge is -2.14. The van der Waals surface area contributed by atoms with Gasteiger partial charge in [-0.2, -0.15) is 15.0 Å². The predicted octanol–water partition coefficient (Wildman–Crippen LogP) is 2.72. The zero-order valence-corrected chi connectivity index (χ0v) is 12.9. The van der Waals surface area contributed by atoms with E-state index >= 15 is 0 Å². The van der Waals surface area contributed by atoms with Gasteiger partial charge in [-0.1, -0.05) is 25.1 Å². The van der Waals surface area contributed by atoms with E-state index in [1.165, 1.54) is 0 Å². The van der Waals surface area contributed by atoms with Gasteiger partial charge in [-0.3, -0.25) is 0 Å². The van der Waals surface area contributed by atoms with E-state index < -0.39 is 0 Å². The van der Waals surface area contributed by atoms with Crippen molar-refractivity contribution in [3.63, 3.8) is 0 Å². The Morgan fingerprint density at radius 1 is 1.10 bits per heavy atom. The molecule has 0 aliphatic rings. The molecule has 0 aliphatic heterocycles. The van der Waals surface area contributed by atoms with Gasteiger partial charge in [0.25, 0.3) is 0 Å². The second-order valence-corrected chi connectivity index (χ2v) is 4.73. The van der Waals surface area contributed by atoms with Gasteiger partial charge in [-0.05, 0) is 25.0 Å². The van der Waals surface area contributed by atoms with E-state index in [4.69, 9.17) is 4.74 Å². The largest absolute Gasteiger partial charge is 0.424 e. The number of aryl methyl sites for hydroxylation is 1. The monoisotopic (exact) mass is 287 g/mol. The molecule has 6 heteroatoms. The molecule has 6 nitrogen and oxygen atoms in total. The Labute approximate surface area is 125 Å². The molecule has 2 aromatic rings. The van der Waals surface area contributed by atoms with Crippen LogP contribution in [0, 0.1) is 0 Å². The molecule has 0 atom stereocenters. The first kappa shape index (κ1) is 15.0. The van der Waals surface area contributed by atoms with Crippen molar-refractivity contribution in [2.75, 3.05) is 30.9 Å². The maximum absolute atomic E-state index is 5.85. The van der Waals surface area contributed by atoms with Crippen LogP contribution >= 0.6 is 0 Å². The molecule has 0 unspecified atom stereocenters. The van der Waals surface area contributed by atoms with E-state index in [1.54, 1.807) is 0 Å². The first-order valence-electron chi connectivity index (χ1n) is 7.07. The Morgan fingerprint density at radius 3 is 2.52 bits per heavy atom. The fourth-order valence-electron chi connectivity index (χ4n) is 1.82. The highest BCUT2D eigenvalue weighted by Gasteiger charge is 2.11. The molecule has 0 amide bonds. The molecule has 0 saturated carbocycles. The average Bonchev–Trinajstić information content (AvgIpc) is 2.48. The summed E-state index contributed by atoms with van der Waals surface area (Å²) in [5.41, 5.74) is 1.12. The number of anilines is 2. The molecule has 21 heavy (non-hydrogen) atoms. The lowest BCUT2D eigenvalue weighted by Crippen LogP contribution is -2.15. The van der Waals surface area contributed by atoms with Gasteiger partial charge in [0.2, 0.25) is 11.9 Å². The topological polar surface area (TPSA) is 63.2 Å². The third-order valence-corrected chi connectivity index (χ3v) is 2.89. The van der Waals surface area contributed by atoms with Crippen LogP contribution in [0.3, 0.4) is 0 Å². The van der Waals surface area contributed by atoms with Crippen molar-refractivity contribution in [3.8, 4) is 11.8 Å². The first-order chi connectivity index (χ1) is 10.1. The third-order valence-electron chi connectivity index (χ3n) is 2.89. The van der Waals surface area contributed by atoms with Gasteiger partial charge < -0.3 is 15.0 Å². The molecule has 1 heterocycles. The van der Waals surface area contributed by atoms with Gasteiger partial charge >= 0.3 is 6.01 Å². The zero-order valence-electron chi connectivity index (χ0n) is 12.9. The number of aromatic nitrogens is 3. The normalized spacial score (nSPS) is 10.3. The summed E-state index contributed by atoms with van der Waals surface area (Å²) in [5.74, 6) is 1.85. The standard InChI is InChI=1S/C15H21N5O/c1-5-11-9-7-8-10-12(11)21-15-18-13(16-6-2)17-14(19-15)20(3)4/h7-10H,5-6H2,1-4H3,(H,16,17,18,19). The van der Waals surface area contributed by atoms with Gasteiger partial charge in [0.1, 0.15) is 5.75 Å². The Kier molecular flexibility index (Phi) is 4.92. The van der Waals surface area contributed by atoms with E-state index in [-0.39, 0.29) is 0 Å². The Balaban J connectivity index is 2.34. The van der Waals surface area contributed by atoms with Crippen LogP contribution in [0.5, 0.6) is 11.8 Å². The van der Waals surface area contributed by atoms with Crippen molar-refractivity contribution < 1.29 is 4.74 Å². The number of para-hydroxylation sites is 1. The predicted molar refractivity (Wildman–Crippen MR) is 84.2 cm³/mol. The molecule has 0 aliphatic carbocycles. The summed E-state index contributed by atoms with van der Waals surface area (Å²) in [6.07, 6.45) is 0.891. The van der Waals surface area contributed by atoms with Gasteiger partial charge in [-0.25, -0.2) is 0 Å². The summed E-state index contributed by atoms with van der Waals surface area (Å²) in [4.78, 5) is 14.8. The second kappa shape index (κ2) is 6.88. The Hall–Kier alpha value is -2.37. The minimum absolute atomic E-state index is 0.297. The minimum Gasteiger partial charge on any atom is -0.424 e. The highest BCUT2D eigenvalue weighted by Crippen LogP contribution is 2.24. The van der Waals surface area contributed by atoms with Crippen molar-refractivity contribution in [2.24, 2.45) is 0 Å². The molecule has 0 spiro atoms. The minimum atomic E-state index is 0.297. The molecule has 0 fully saturated rings. The van der Waals surface area contributed by atoms with Crippen molar-refractivity contribution in [2.45, 2.75) is 20.3 Å². The number of rotatable bonds is 6. The van der Waals surface area contributed by atoms with E-state index in [0.29, 0.717) is 17.9 Å². The average molecular weight is 287 g/mol. The SMILES string of the molecule is CCNc1nc(Oc2ccccc2CC)nc(N(C)C)n1. The summed E-state index contributed by atoms with van der Waals surface area (Å²) in [6, 6.07) is 8.19. The van der Waals surface area contributed by atoms with Gasteiger partial charge in [0.15, 0.2) is 0 Å². The molecule has 0 radical (unpaired) electrons. The lowest BCUT2D eigenvalue weighted by molar-refractivity contribution is 0.436. The first-order valence-corrected chi connectivity index (χ1v) is 7.07. The molecule has 1 N–H and O–H groups in total. The van der Waals surface area contributed by atoms with E-state index in [1.807, 2.05) is 50.2 Å². The van der Waals surface area contributed by atoms with Crippen molar-refractivity contribution in [1.82, 2.24) is 15.0 Å². The van der Waals surface area contributed by atoms with Crippen LogP contribution in [0.4, 0.5) is 11.9 Å². The molecular formula is C15H21N5O. The van der Waals surface area contributed by atoms with Crippen LogP contribution < -0.4 is 15.0 Å². The number of ether oxygens (including phenoxy) is 1. The number of nitrogens with one attached hydrogen (secondary N) is 1. The molecule has 2 rings (SSSR count). The van der Waals surface area contributed by atoms with Crippen molar-refractivity contribution >= 4 is 11.9 Å². The molecule has 0 saturated heterocycles. The van der Waals surface area contributed by atoms with Crippen molar-refractivity contribution in [3.05, 3.63) is 29.8 Å². The maximum atomic E-state index is 5.85. The quantitative estimate of drug-likeness (QED) is 0.881. The number of benzene rings is 1. The van der Waals surface area contributed by atoms with E-state index in [9.17, 15) is 0 Å². The number of nitrogens with zero attached hydrogens (tertiary/aromatic N) is 4. The maximum Gasteiger partial charge on any atom is 0.328 e. The van der Waals surface area contributed by atoms with Crippen LogP contribution in [-0.4, -0.2) is 35.6 Å². The second-order valence-electron chi connectivity index (χ2n) is 4.73. The van der Waals surface area contributed by atoms with E-state index in [2.05, 4.69) is 27.2 Å². The fourth-order valence-corrected chi connectivity index (χ4v) is 1.82. The van der Waals surface area contributed by atoms with Gasteiger partial charge in [0, 0.05) is 20.6 Å². The van der Waals surface area contributed by atoms with Crippen LogP contribution in [0.25, 0.3) is 0 Å². The molecule has 1 aromatic heterocycles. The Morgan fingerprint density at radius 2 is 1.86 bits per heavy atom. The zero-order chi connectivity index (χ0) is 15.2. The third kappa shape index (κ3) is 3.81. The van der Waals surface area contributed by atoms with Gasteiger partial charge in [0.05, 0.1) is 0 Å². The molecular weight excluding hydrogens is 266 g/mol. The summed E-state index contributed by atoms with van der Waals surface area (Å²) < 4.78 is 5.85. The van der Waals surface area contributed by atoms with Crippen LogP contribution in [-0.2, 0) is 6.42 Å². The number of hydrogen-bond donors (Lipinski definition) is 1. The molecule has 112 valence electrons. The summed E-state index contributed by atoms with van der Waals surface area (Å²) in [6.45, 7) is 4.82. The highest BCUT2D eigenvalue weighted by atomic mass is 16.5. The summed E-state index contributed by atoms with van der Waals surface area (Å²) in [7, 11) is 3.77. The smallest absolute Gasteiger partial charge is 0.328 e. The van der Waals surface area contributed by atoms with E-state index in [0.717, 1.165) is 24.3 Å². The Bertz CT molecular complexity index is 600. The van der Waals surface area contributed by atoms with Crippen LogP contribution in [0.15, 0.2) is 24.3 Å². The van der Waals surface area contributed by atoms with Crippen LogP contribution in [0.1, 0.15) is 19.4 Å². The molecule has 1 aromatic carbocycles. The lowest BCUT2D eigenvalue weighted by atomic mass is 10.1. The molecule has 0 bridgehead atoms. The van der Waals surface area contributed by atoms with Crippen molar-refractivity contribution in [1.29, 1.82) is 0 Å². The number of hydrogen-bond acceptors (Lipinski definition) is 6. The summed E-state index contributed by atoms with van der Waals surface area (Å²) in [5, 5.41) is 3.09. The van der Waals surface area contributed by atoms with Gasteiger partial charge in [-0.15, -0.1) is 0 Å².